The minimum absolute atomic E-state index is 0.137. The molecule has 3 heterocycles. The van der Waals surface area contributed by atoms with Crippen LogP contribution < -0.4 is 4.90 Å². The zero-order valence-electron chi connectivity index (χ0n) is 19.7. The van der Waals surface area contributed by atoms with E-state index in [4.69, 9.17) is 16.3 Å². The molecule has 3 saturated heterocycles. The lowest BCUT2D eigenvalue weighted by molar-refractivity contribution is -0.151. The Balaban J connectivity index is 1.67. The van der Waals surface area contributed by atoms with Crippen molar-refractivity contribution in [3.05, 3.63) is 77.8 Å². The Hall–Kier alpha value is -2.72. The van der Waals surface area contributed by atoms with Crippen LogP contribution in [0.3, 0.4) is 0 Å². The molecule has 3 unspecified atom stereocenters. The third-order valence-electron chi connectivity index (χ3n) is 7.66. The number of halogens is 2. The van der Waals surface area contributed by atoms with Crippen LogP contribution in [0.5, 0.6) is 0 Å². The van der Waals surface area contributed by atoms with E-state index in [-0.39, 0.29) is 17.8 Å². The molecule has 0 radical (unpaired) electrons. The fourth-order valence-corrected chi connectivity index (χ4v) is 7.28. The molecule has 194 valence electrons. The minimum Gasteiger partial charge on any atom is -0.481 e. The molecule has 10 heteroatoms. The number of carbonyl (C=O) groups excluding carboxylic acids is 2. The van der Waals surface area contributed by atoms with E-state index < -0.39 is 60.0 Å². The van der Waals surface area contributed by atoms with Gasteiger partial charge in [-0.05, 0) is 36.2 Å². The molecule has 2 aromatic carbocycles. The highest BCUT2D eigenvalue weighted by atomic mass is 79.9. The van der Waals surface area contributed by atoms with Crippen molar-refractivity contribution in [3.63, 3.8) is 0 Å². The number of amides is 2. The monoisotopic (exact) mass is 588 g/mol. The molecule has 37 heavy (non-hydrogen) atoms. The van der Waals surface area contributed by atoms with Crippen molar-refractivity contribution in [2.75, 3.05) is 18.1 Å². The lowest BCUT2D eigenvalue weighted by Crippen LogP contribution is -2.57. The Morgan fingerprint density at radius 3 is 2.51 bits per heavy atom. The fraction of sp³-hybridized carbons (Fsp3) is 0.370. The highest BCUT2D eigenvalue weighted by Crippen LogP contribution is 2.61. The molecular formula is C27H26BrClN2O6. The number of alkyl halides is 1. The van der Waals surface area contributed by atoms with Gasteiger partial charge in [0, 0.05) is 22.1 Å². The first kappa shape index (κ1) is 25.9. The largest absolute Gasteiger partial charge is 0.481 e. The predicted octanol–water partition coefficient (Wildman–Crippen LogP) is 3.43. The lowest BCUT2D eigenvalue weighted by Gasteiger charge is -2.39. The van der Waals surface area contributed by atoms with E-state index in [2.05, 4.69) is 22.5 Å². The molecule has 3 aliphatic rings. The first-order valence-electron chi connectivity index (χ1n) is 12.0. The zero-order chi connectivity index (χ0) is 26.5. The Kier molecular flexibility index (Phi) is 6.91. The Bertz CT molecular complexity index is 1230. The van der Waals surface area contributed by atoms with Crippen LogP contribution in [-0.2, 0) is 19.1 Å². The van der Waals surface area contributed by atoms with Gasteiger partial charge in [-0.3, -0.25) is 14.4 Å². The van der Waals surface area contributed by atoms with Gasteiger partial charge < -0.3 is 24.7 Å². The van der Waals surface area contributed by atoms with Gasteiger partial charge in [-0.25, -0.2) is 0 Å². The Morgan fingerprint density at radius 1 is 1.24 bits per heavy atom. The molecule has 2 amide bonds. The Labute approximate surface area is 227 Å². The summed E-state index contributed by atoms with van der Waals surface area (Å²) in [6.07, 6.45) is 1.10. The highest BCUT2D eigenvalue weighted by Gasteiger charge is 2.77. The van der Waals surface area contributed by atoms with Gasteiger partial charge >= 0.3 is 5.97 Å². The van der Waals surface area contributed by atoms with Crippen molar-refractivity contribution in [2.24, 2.45) is 11.8 Å². The van der Waals surface area contributed by atoms with E-state index in [1.807, 2.05) is 6.07 Å². The second-order valence-electron chi connectivity index (χ2n) is 9.57. The minimum atomic E-state index is -1.37. The van der Waals surface area contributed by atoms with Crippen LogP contribution in [0.4, 0.5) is 5.69 Å². The van der Waals surface area contributed by atoms with E-state index in [1.165, 1.54) is 9.80 Å². The standard InChI is InChI=1S/C27H26BrClN2O6/c1-2-12-30(17-10-8-16(29)9-11-17)25(34)23-27-13-18(28)22(37-27)20(26(35)36)21(27)24(33)31(23)19(14-32)15-6-4-3-5-7-15/h2-11,18-23,32H,1,12-14H2,(H,35,36)/t18?,19-,20+,21+,22+,23?,27?/m1/s1. The SMILES string of the molecule is C=CCN(C(=O)C1N([C@H](CO)c2ccccc2)C(=O)[C@@H]2[C@H](C(=O)O)[C@H]3OC12CC3Br)c1ccc(Cl)cc1. The number of aliphatic hydroxyl groups excluding tert-OH is 1. The van der Waals surface area contributed by atoms with Crippen molar-refractivity contribution in [2.45, 2.75) is 35.0 Å². The number of likely N-dealkylation sites (tertiary alicyclic amines) is 1. The Morgan fingerprint density at radius 2 is 1.92 bits per heavy atom. The van der Waals surface area contributed by atoms with E-state index in [0.29, 0.717) is 16.3 Å². The molecule has 0 aliphatic carbocycles. The number of carbonyl (C=O) groups is 3. The van der Waals surface area contributed by atoms with Crippen molar-refractivity contribution in [1.82, 2.24) is 4.90 Å². The molecule has 5 rings (SSSR count). The van der Waals surface area contributed by atoms with Crippen LogP contribution in [-0.4, -0.2) is 68.6 Å². The number of carboxylic acid groups (broad SMARTS) is 1. The summed E-state index contributed by atoms with van der Waals surface area (Å²) in [4.78, 5) is 43.4. The van der Waals surface area contributed by atoms with Crippen molar-refractivity contribution in [1.29, 1.82) is 0 Å². The molecule has 2 N–H and O–H groups in total. The highest BCUT2D eigenvalue weighted by molar-refractivity contribution is 9.09. The van der Waals surface area contributed by atoms with E-state index in [0.717, 1.165) is 0 Å². The van der Waals surface area contributed by atoms with Crippen molar-refractivity contribution in [3.8, 4) is 0 Å². The second-order valence-corrected chi connectivity index (χ2v) is 11.2. The number of fused-ring (bicyclic) bond motifs is 1. The summed E-state index contributed by atoms with van der Waals surface area (Å²) >= 11 is 9.62. The third-order valence-corrected chi connectivity index (χ3v) is 8.75. The van der Waals surface area contributed by atoms with Gasteiger partial charge in [0.25, 0.3) is 5.91 Å². The number of benzene rings is 2. The van der Waals surface area contributed by atoms with Crippen LogP contribution in [0.1, 0.15) is 18.0 Å². The average Bonchev–Trinajstić information content (AvgIpc) is 3.48. The zero-order valence-corrected chi connectivity index (χ0v) is 22.1. The maximum absolute atomic E-state index is 14.5. The number of nitrogens with zero attached hydrogens (tertiary/aromatic N) is 2. The van der Waals surface area contributed by atoms with Crippen molar-refractivity contribution < 1.29 is 29.3 Å². The number of hydrogen-bond donors (Lipinski definition) is 2. The third kappa shape index (κ3) is 4.00. The van der Waals surface area contributed by atoms with Gasteiger partial charge in [-0.2, -0.15) is 0 Å². The first-order valence-corrected chi connectivity index (χ1v) is 13.2. The molecule has 1 spiro atoms. The molecule has 0 aromatic heterocycles. The van der Waals surface area contributed by atoms with E-state index in [9.17, 15) is 24.6 Å². The number of hydrogen-bond acceptors (Lipinski definition) is 5. The molecule has 2 aromatic rings. The molecule has 0 saturated carbocycles. The van der Waals surface area contributed by atoms with Gasteiger partial charge in [0.05, 0.1) is 30.6 Å². The van der Waals surface area contributed by atoms with Crippen LogP contribution in [0.15, 0.2) is 67.3 Å². The number of ether oxygens (including phenoxy) is 1. The smallest absolute Gasteiger partial charge is 0.310 e. The summed E-state index contributed by atoms with van der Waals surface area (Å²) < 4.78 is 6.35. The van der Waals surface area contributed by atoms with Gasteiger partial charge in [-0.15, -0.1) is 6.58 Å². The van der Waals surface area contributed by atoms with Gasteiger partial charge in [-0.1, -0.05) is 63.9 Å². The normalized spacial score (nSPS) is 30.7. The van der Waals surface area contributed by atoms with Crippen LogP contribution in [0.25, 0.3) is 0 Å². The summed E-state index contributed by atoms with van der Waals surface area (Å²) in [5.41, 5.74) is -0.199. The summed E-state index contributed by atoms with van der Waals surface area (Å²) in [7, 11) is 0. The van der Waals surface area contributed by atoms with Gasteiger partial charge in [0.1, 0.15) is 11.6 Å². The van der Waals surface area contributed by atoms with E-state index in [1.54, 1.807) is 54.6 Å². The number of aliphatic carboxylic acids is 1. The van der Waals surface area contributed by atoms with Gasteiger partial charge in [0.15, 0.2) is 0 Å². The predicted molar refractivity (Wildman–Crippen MR) is 140 cm³/mol. The molecule has 2 bridgehead atoms. The van der Waals surface area contributed by atoms with Crippen LogP contribution >= 0.6 is 27.5 Å². The molecule has 3 fully saturated rings. The lowest BCUT2D eigenvalue weighted by atomic mass is 9.70. The summed E-state index contributed by atoms with van der Waals surface area (Å²) in [6, 6.07) is 13.6. The van der Waals surface area contributed by atoms with Crippen LogP contribution in [0.2, 0.25) is 5.02 Å². The number of rotatable bonds is 8. The fourth-order valence-electron chi connectivity index (χ4n) is 6.21. The number of anilines is 1. The number of carboxylic acids is 1. The molecule has 7 atom stereocenters. The van der Waals surface area contributed by atoms with Gasteiger partial charge in [0.2, 0.25) is 5.91 Å². The number of aliphatic hydroxyl groups is 1. The maximum Gasteiger partial charge on any atom is 0.310 e. The summed E-state index contributed by atoms with van der Waals surface area (Å²) in [6.45, 7) is 3.47. The molecule has 8 nitrogen and oxygen atoms in total. The second kappa shape index (κ2) is 9.87. The molecule has 3 aliphatic heterocycles. The quantitative estimate of drug-likeness (QED) is 0.361. The first-order chi connectivity index (χ1) is 17.7. The topological polar surface area (TPSA) is 107 Å². The van der Waals surface area contributed by atoms with Crippen molar-refractivity contribution >= 4 is 51.0 Å². The van der Waals surface area contributed by atoms with E-state index >= 15 is 0 Å². The van der Waals surface area contributed by atoms with Crippen LogP contribution in [0, 0.1) is 11.8 Å². The summed E-state index contributed by atoms with van der Waals surface area (Å²) in [5.74, 6) is -4.29. The molecular weight excluding hydrogens is 564 g/mol. The maximum atomic E-state index is 14.5. The summed E-state index contributed by atoms with van der Waals surface area (Å²) in [5, 5.41) is 21.1. The average molecular weight is 590 g/mol.